The largest absolute Gasteiger partial charge is 0.356 e. The monoisotopic (exact) mass is 322 g/mol. The molecule has 1 amide bonds. The standard InChI is InChI=1S/C20H19FN2O/c1-2-22-20(24)9-7-14-6-8-19-16(10-14)11-17(13-23-19)15-4-3-5-18(21)12-15/h3-6,8,10-13H,2,7,9H2,1H3,(H,22,24). The maximum atomic E-state index is 13.4. The molecule has 122 valence electrons. The molecule has 0 unspecified atom stereocenters. The molecule has 3 aromatic rings. The highest BCUT2D eigenvalue weighted by atomic mass is 19.1. The lowest BCUT2D eigenvalue weighted by Crippen LogP contribution is -2.22. The number of amides is 1. The van der Waals surface area contributed by atoms with Gasteiger partial charge in [0, 0.05) is 30.1 Å². The molecule has 24 heavy (non-hydrogen) atoms. The Bertz CT molecular complexity index is 876. The number of hydrogen-bond donors (Lipinski definition) is 1. The predicted molar refractivity (Wildman–Crippen MR) is 94.1 cm³/mol. The number of hydrogen-bond acceptors (Lipinski definition) is 2. The molecule has 0 aliphatic carbocycles. The molecule has 1 heterocycles. The summed E-state index contributed by atoms with van der Waals surface area (Å²) >= 11 is 0. The third-order valence-corrected chi connectivity index (χ3v) is 3.92. The van der Waals surface area contributed by atoms with Gasteiger partial charge in [0.15, 0.2) is 0 Å². The zero-order chi connectivity index (χ0) is 16.9. The lowest BCUT2D eigenvalue weighted by Gasteiger charge is -2.07. The van der Waals surface area contributed by atoms with Crippen LogP contribution in [0.1, 0.15) is 18.9 Å². The molecule has 0 radical (unpaired) electrons. The highest BCUT2D eigenvalue weighted by Crippen LogP contribution is 2.24. The molecule has 0 atom stereocenters. The Morgan fingerprint density at radius 2 is 2.00 bits per heavy atom. The number of halogens is 1. The number of fused-ring (bicyclic) bond motifs is 1. The third-order valence-electron chi connectivity index (χ3n) is 3.92. The summed E-state index contributed by atoms with van der Waals surface area (Å²) in [6.07, 6.45) is 2.91. The number of rotatable bonds is 5. The minimum absolute atomic E-state index is 0.0595. The highest BCUT2D eigenvalue weighted by Gasteiger charge is 2.05. The molecule has 1 N–H and O–H groups in total. The van der Waals surface area contributed by atoms with Gasteiger partial charge < -0.3 is 5.32 Å². The molecule has 0 bridgehead atoms. The van der Waals surface area contributed by atoms with Gasteiger partial charge in [-0.2, -0.15) is 0 Å². The van der Waals surface area contributed by atoms with Crippen LogP contribution in [0.3, 0.4) is 0 Å². The summed E-state index contributed by atoms with van der Waals surface area (Å²) in [5.74, 6) is -0.201. The van der Waals surface area contributed by atoms with Gasteiger partial charge in [0.2, 0.25) is 5.91 Å². The van der Waals surface area contributed by atoms with Crippen LogP contribution in [0.2, 0.25) is 0 Å². The van der Waals surface area contributed by atoms with E-state index in [9.17, 15) is 9.18 Å². The van der Waals surface area contributed by atoms with Crippen LogP contribution < -0.4 is 5.32 Å². The molecule has 3 nitrogen and oxygen atoms in total. The van der Waals surface area contributed by atoms with Crippen molar-refractivity contribution in [2.24, 2.45) is 0 Å². The van der Waals surface area contributed by atoms with Crippen LogP contribution in [0.15, 0.2) is 54.7 Å². The first-order valence-corrected chi connectivity index (χ1v) is 8.07. The second-order valence-corrected chi connectivity index (χ2v) is 5.71. The van der Waals surface area contributed by atoms with E-state index in [-0.39, 0.29) is 11.7 Å². The number of aryl methyl sites for hydroxylation is 1. The average Bonchev–Trinajstić information content (AvgIpc) is 2.59. The van der Waals surface area contributed by atoms with Crippen molar-refractivity contribution >= 4 is 16.8 Å². The van der Waals surface area contributed by atoms with Gasteiger partial charge in [-0.25, -0.2) is 4.39 Å². The molecule has 0 aliphatic heterocycles. The van der Waals surface area contributed by atoms with Gasteiger partial charge in [0.05, 0.1) is 5.52 Å². The van der Waals surface area contributed by atoms with Crippen molar-refractivity contribution in [3.63, 3.8) is 0 Å². The molecule has 0 saturated heterocycles. The molecule has 0 saturated carbocycles. The van der Waals surface area contributed by atoms with E-state index in [2.05, 4.69) is 10.3 Å². The maximum Gasteiger partial charge on any atom is 0.220 e. The van der Waals surface area contributed by atoms with Crippen LogP contribution in [0.4, 0.5) is 4.39 Å². The van der Waals surface area contributed by atoms with Crippen LogP contribution in [0, 0.1) is 5.82 Å². The van der Waals surface area contributed by atoms with Crippen molar-refractivity contribution in [1.29, 1.82) is 0 Å². The summed E-state index contributed by atoms with van der Waals surface area (Å²) in [5, 5.41) is 3.79. The van der Waals surface area contributed by atoms with Crippen molar-refractivity contribution in [3.05, 3.63) is 66.1 Å². The molecule has 3 rings (SSSR count). The van der Waals surface area contributed by atoms with Crippen molar-refractivity contribution in [3.8, 4) is 11.1 Å². The first-order valence-electron chi connectivity index (χ1n) is 8.07. The summed E-state index contributed by atoms with van der Waals surface area (Å²) in [6.45, 7) is 2.56. The van der Waals surface area contributed by atoms with Crippen molar-refractivity contribution in [1.82, 2.24) is 10.3 Å². The van der Waals surface area contributed by atoms with E-state index in [4.69, 9.17) is 0 Å². The van der Waals surface area contributed by atoms with E-state index in [1.54, 1.807) is 12.3 Å². The Balaban J connectivity index is 1.86. The lowest BCUT2D eigenvalue weighted by molar-refractivity contribution is -0.120. The normalized spacial score (nSPS) is 10.8. The number of nitrogens with zero attached hydrogens (tertiary/aromatic N) is 1. The smallest absolute Gasteiger partial charge is 0.220 e. The molecule has 2 aromatic carbocycles. The first kappa shape index (κ1) is 16.1. The summed E-state index contributed by atoms with van der Waals surface area (Å²) in [4.78, 5) is 16.0. The fourth-order valence-corrected chi connectivity index (χ4v) is 2.71. The second kappa shape index (κ2) is 7.21. The zero-order valence-electron chi connectivity index (χ0n) is 13.6. The van der Waals surface area contributed by atoms with E-state index < -0.39 is 0 Å². The third kappa shape index (κ3) is 3.77. The van der Waals surface area contributed by atoms with E-state index in [1.807, 2.05) is 37.3 Å². The van der Waals surface area contributed by atoms with Gasteiger partial charge in [0.25, 0.3) is 0 Å². The molecular formula is C20H19FN2O. The number of pyridine rings is 1. The predicted octanol–water partition coefficient (Wildman–Crippen LogP) is 4.11. The van der Waals surface area contributed by atoms with Crippen LogP contribution in [-0.4, -0.2) is 17.4 Å². The quantitative estimate of drug-likeness (QED) is 0.768. The lowest BCUT2D eigenvalue weighted by atomic mass is 10.0. The Morgan fingerprint density at radius 3 is 2.79 bits per heavy atom. The summed E-state index contributed by atoms with van der Waals surface area (Å²) in [5.41, 5.74) is 3.66. The molecular weight excluding hydrogens is 303 g/mol. The van der Waals surface area contributed by atoms with Gasteiger partial charge in [-0.3, -0.25) is 9.78 Å². The molecule has 0 aliphatic rings. The second-order valence-electron chi connectivity index (χ2n) is 5.71. The summed E-state index contributed by atoms with van der Waals surface area (Å²) < 4.78 is 13.4. The number of aromatic nitrogens is 1. The van der Waals surface area contributed by atoms with Gasteiger partial charge in [-0.1, -0.05) is 18.2 Å². The van der Waals surface area contributed by atoms with Gasteiger partial charge >= 0.3 is 0 Å². The Hall–Kier alpha value is -2.75. The topological polar surface area (TPSA) is 42.0 Å². The van der Waals surface area contributed by atoms with Crippen molar-refractivity contribution in [2.75, 3.05) is 6.54 Å². The van der Waals surface area contributed by atoms with E-state index in [0.29, 0.717) is 19.4 Å². The molecule has 1 aromatic heterocycles. The molecule has 4 heteroatoms. The van der Waals surface area contributed by atoms with Crippen LogP contribution >= 0.6 is 0 Å². The highest BCUT2D eigenvalue weighted by molar-refractivity contribution is 5.84. The zero-order valence-corrected chi connectivity index (χ0v) is 13.6. The first-order chi connectivity index (χ1) is 11.7. The van der Waals surface area contributed by atoms with Crippen LogP contribution in [0.25, 0.3) is 22.0 Å². The summed E-state index contributed by atoms with van der Waals surface area (Å²) in [6, 6.07) is 14.5. The Morgan fingerprint density at radius 1 is 1.12 bits per heavy atom. The van der Waals surface area contributed by atoms with Gasteiger partial charge in [0.1, 0.15) is 5.82 Å². The van der Waals surface area contributed by atoms with E-state index in [0.717, 1.165) is 27.6 Å². The molecule has 0 fully saturated rings. The SMILES string of the molecule is CCNC(=O)CCc1ccc2ncc(-c3cccc(F)c3)cc2c1. The minimum Gasteiger partial charge on any atom is -0.356 e. The van der Waals surface area contributed by atoms with Crippen LogP contribution in [-0.2, 0) is 11.2 Å². The summed E-state index contributed by atoms with van der Waals surface area (Å²) in [7, 11) is 0. The number of carbonyl (C=O) groups excluding carboxylic acids is 1. The average molecular weight is 322 g/mol. The van der Waals surface area contributed by atoms with Crippen molar-refractivity contribution < 1.29 is 9.18 Å². The Labute approximate surface area is 140 Å². The Kier molecular flexibility index (Phi) is 4.85. The van der Waals surface area contributed by atoms with Crippen LogP contribution in [0.5, 0.6) is 0 Å². The minimum atomic E-state index is -0.261. The van der Waals surface area contributed by atoms with Gasteiger partial charge in [-0.05, 0) is 54.8 Å². The van der Waals surface area contributed by atoms with Gasteiger partial charge in [-0.15, -0.1) is 0 Å². The number of benzene rings is 2. The maximum absolute atomic E-state index is 13.4. The molecule has 0 spiro atoms. The van der Waals surface area contributed by atoms with E-state index in [1.165, 1.54) is 12.1 Å². The number of nitrogens with one attached hydrogen (secondary N) is 1. The van der Waals surface area contributed by atoms with E-state index >= 15 is 0 Å². The number of carbonyl (C=O) groups is 1. The van der Waals surface area contributed by atoms with Crippen molar-refractivity contribution in [2.45, 2.75) is 19.8 Å². The fraction of sp³-hybridized carbons (Fsp3) is 0.200. The fourth-order valence-electron chi connectivity index (χ4n) is 2.71.